The molecule has 0 aliphatic carbocycles. The van der Waals surface area contributed by atoms with E-state index in [0.29, 0.717) is 5.56 Å². The Bertz CT molecular complexity index is 619. The Hall–Kier alpha value is -1.18. The van der Waals surface area contributed by atoms with Crippen LogP contribution in [0.15, 0.2) is 17.0 Å². The highest BCUT2D eigenvalue weighted by molar-refractivity contribution is 7.89. The van der Waals surface area contributed by atoms with Crippen molar-refractivity contribution < 1.29 is 12.8 Å². The van der Waals surface area contributed by atoms with Gasteiger partial charge in [-0.2, -0.15) is 0 Å². The second-order valence-corrected chi connectivity index (χ2v) is 7.36. The van der Waals surface area contributed by atoms with Gasteiger partial charge in [0, 0.05) is 18.3 Å². The molecule has 0 radical (unpaired) electrons. The molecule has 1 fully saturated rings. The van der Waals surface area contributed by atoms with E-state index in [2.05, 4.69) is 9.62 Å². The first-order valence-corrected chi connectivity index (χ1v) is 8.55. The van der Waals surface area contributed by atoms with Crippen LogP contribution in [0, 0.1) is 12.7 Å². The van der Waals surface area contributed by atoms with E-state index < -0.39 is 15.8 Å². The highest BCUT2D eigenvalue weighted by Gasteiger charge is 2.24. The number of nitrogen functional groups attached to an aromatic ring is 1. The van der Waals surface area contributed by atoms with Crippen LogP contribution in [-0.4, -0.2) is 39.5 Å². The van der Waals surface area contributed by atoms with Gasteiger partial charge < -0.3 is 10.6 Å². The van der Waals surface area contributed by atoms with Crippen LogP contribution >= 0.6 is 0 Å². The number of nitrogens with two attached hydrogens (primary N) is 1. The van der Waals surface area contributed by atoms with Gasteiger partial charge in [-0.15, -0.1) is 0 Å². The number of hydrogen-bond acceptors (Lipinski definition) is 4. The molecular weight excluding hydrogens is 293 g/mol. The molecule has 1 saturated heterocycles. The lowest BCUT2D eigenvalue weighted by molar-refractivity contribution is 0.187. The Balaban J connectivity index is 2.13. The Morgan fingerprint density at radius 3 is 2.81 bits per heavy atom. The van der Waals surface area contributed by atoms with E-state index in [0.717, 1.165) is 31.9 Å². The number of piperidine rings is 1. The smallest absolute Gasteiger partial charge is 0.243 e. The number of hydrogen-bond donors (Lipinski definition) is 2. The zero-order chi connectivity index (χ0) is 15.6. The van der Waals surface area contributed by atoms with E-state index in [4.69, 9.17) is 5.73 Å². The van der Waals surface area contributed by atoms with Crippen LogP contribution in [-0.2, 0) is 10.0 Å². The van der Waals surface area contributed by atoms with Gasteiger partial charge in [-0.1, -0.05) is 6.42 Å². The number of likely N-dealkylation sites (tertiary alicyclic amines) is 1. The Morgan fingerprint density at radius 2 is 2.14 bits per heavy atom. The summed E-state index contributed by atoms with van der Waals surface area (Å²) in [6.07, 6.45) is 3.16. The molecule has 5 nitrogen and oxygen atoms in total. The van der Waals surface area contributed by atoms with Crippen LogP contribution in [0.25, 0.3) is 0 Å². The van der Waals surface area contributed by atoms with Gasteiger partial charge in [0.15, 0.2) is 0 Å². The standard InChI is InChI=1S/C14H22FN3O2S/c1-10-7-12(15)14(8-13(10)16)21(19,20)17-9-11-5-3-4-6-18(11)2/h7-8,11,17H,3-6,9,16H2,1-2H3. The maximum absolute atomic E-state index is 13.9. The fourth-order valence-corrected chi connectivity index (χ4v) is 3.73. The molecule has 0 saturated carbocycles. The largest absolute Gasteiger partial charge is 0.398 e. The molecule has 0 aromatic heterocycles. The molecule has 0 amide bonds. The Labute approximate surface area is 125 Å². The summed E-state index contributed by atoms with van der Waals surface area (Å²) in [7, 11) is -1.91. The SMILES string of the molecule is Cc1cc(F)c(S(=O)(=O)NCC2CCCCN2C)cc1N. The lowest BCUT2D eigenvalue weighted by atomic mass is 10.0. The summed E-state index contributed by atoms with van der Waals surface area (Å²) in [5.41, 5.74) is 6.48. The van der Waals surface area contributed by atoms with E-state index >= 15 is 0 Å². The molecule has 3 N–H and O–H groups in total. The van der Waals surface area contributed by atoms with Gasteiger partial charge >= 0.3 is 0 Å². The summed E-state index contributed by atoms with van der Waals surface area (Å²) in [5.74, 6) is -0.772. The highest BCUT2D eigenvalue weighted by Crippen LogP contribution is 2.22. The third kappa shape index (κ3) is 3.72. The molecule has 1 heterocycles. The van der Waals surface area contributed by atoms with Crippen LogP contribution < -0.4 is 10.5 Å². The number of nitrogens with zero attached hydrogens (tertiary/aromatic N) is 1. The van der Waals surface area contributed by atoms with Crippen molar-refractivity contribution in [3.8, 4) is 0 Å². The van der Waals surface area contributed by atoms with Gasteiger partial charge in [-0.25, -0.2) is 17.5 Å². The van der Waals surface area contributed by atoms with Crippen molar-refractivity contribution in [1.82, 2.24) is 9.62 Å². The number of benzene rings is 1. The molecule has 2 rings (SSSR count). The average molecular weight is 315 g/mol. The Morgan fingerprint density at radius 1 is 1.43 bits per heavy atom. The summed E-state index contributed by atoms with van der Waals surface area (Å²) in [6.45, 7) is 2.88. The van der Waals surface area contributed by atoms with Gasteiger partial charge in [-0.3, -0.25) is 0 Å². The molecule has 1 aromatic rings. The first-order chi connectivity index (χ1) is 9.81. The van der Waals surface area contributed by atoms with E-state index in [1.807, 2.05) is 7.05 Å². The van der Waals surface area contributed by atoms with Gasteiger partial charge in [0.25, 0.3) is 0 Å². The molecule has 1 unspecified atom stereocenters. The van der Waals surface area contributed by atoms with Crippen molar-refractivity contribution in [3.63, 3.8) is 0 Å². The van der Waals surface area contributed by atoms with Crippen LogP contribution in [0.5, 0.6) is 0 Å². The van der Waals surface area contributed by atoms with Gasteiger partial charge in [0.1, 0.15) is 10.7 Å². The normalized spacial score (nSPS) is 20.6. The number of nitrogens with one attached hydrogen (secondary N) is 1. The van der Waals surface area contributed by atoms with Crippen LogP contribution in [0.1, 0.15) is 24.8 Å². The molecule has 0 spiro atoms. The molecule has 1 aliphatic heterocycles. The van der Waals surface area contributed by atoms with Crippen LogP contribution in [0.4, 0.5) is 10.1 Å². The molecule has 1 atom stereocenters. The summed E-state index contributed by atoms with van der Waals surface area (Å²) in [4.78, 5) is 1.75. The minimum Gasteiger partial charge on any atom is -0.398 e. The second kappa shape index (κ2) is 6.29. The number of rotatable bonds is 4. The quantitative estimate of drug-likeness (QED) is 0.825. The minimum absolute atomic E-state index is 0.152. The summed E-state index contributed by atoms with van der Waals surface area (Å²) < 4.78 is 40.9. The van der Waals surface area contributed by atoms with E-state index in [1.54, 1.807) is 6.92 Å². The molecule has 1 aliphatic rings. The van der Waals surface area contributed by atoms with Crippen molar-refractivity contribution in [1.29, 1.82) is 0 Å². The predicted molar refractivity (Wildman–Crippen MR) is 81.0 cm³/mol. The molecule has 7 heteroatoms. The lowest BCUT2D eigenvalue weighted by Crippen LogP contribution is -2.44. The van der Waals surface area contributed by atoms with E-state index in [9.17, 15) is 12.8 Å². The van der Waals surface area contributed by atoms with Crippen molar-refractivity contribution in [3.05, 3.63) is 23.5 Å². The van der Waals surface area contributed by atoms with Crippen LogP contribution in [0.2, 0.25) is 0 Å². The zero-order valence-corrected chi connectivity index (χ0v) is 13.2. The summed E-state index contributed by atoms with van der Waals surface area (Å²) in [6, 6.07) is 2.48. The number of halogens is 1. The number of anilines is 1. The van der Waals surface area contributed by atoms with Crippen molar-refractivity contribution in [2.45, 2.75) is 37.1 Å². The highest BCUT2D eigenvalue weighted by atomic mass is 32.2. The fraction of sp³-hybridized carbons (Fsp3) is 0.571. The minimum atomic E-state index is -3.88. The average Bonchev–Trinajstić information content (AvgIpc) is 2.42. The number of likely N-dealkylation sites (N-methyl/N-ethyl adjacent to an activating group) is 1. The van der Waals surface area contributed by atoms with Crippen LogP contribution in [0.3, 0.4) is 0 Å². The van der Waals surface area contributed by atoms with Crippen molar-refractivity contribution in [2.24, 2.45) is 0 Å². The fourth-order valence-electron chi connectivity index (χ4n) is 2.56. The zero-order valence-electron chi connectivity index (χ0n) is 12.4. The first kappa shape index (κ1) is 16.2. The van der Waals surface area contributed by atoms with E-state index in [-0.39, 0.29) is 23.2 Å². The molecule has 21 heavy (non-hydrogen) atoms. The van der Waals surface area contributed by atoms with E-state index in [1.165, 1.54) is 6.07 Å². The predicted octanol–water partition coefficient (Wildman–Crippen LogP) is 1.48. The Kier molecular flexibility index (Phi) is 4.85. The second-order valence-electron chi connectivity index (χ2n) is 5.62. The number of aryl methyl sites for hydroxylation is 1. The maximum atomic E-state index is 13.9. The van der Waals surface area contributed by atoms with Gasteiger partial charge in [0.2, 0.25) is 10.0 Å². The van der Waals surface area contributed by atoms with Gasteiger partial charge in [0.05, 0.1) is 0 Å². The molecular formula is C14H22FN3O2S. The van der Waals surface area contributed by atoms with Crippen molar-refractivity contribution >= 4 is 15.7 Å². The summed E-state index contributed by atoms with van der Waals surface area (Å²) in [5, 5.41) is 0. The summed E-state index contributed by atoms with van der Waals surface area (Å²) >= 11 is 0. The van der Waals surface area contributed by atoms with Gasteiger partial charge in [-0.05, 0) is 51.1 Å². The number of sulfonamides is 1. The maximum Gasteiger partial charge on any atom is 0.243 e. The topological polar surface area (TPSA) is 75.4 Å². The lowest BCUT2D eigenvalue weighted by Gasteiger charge is -2.32. The first-order valence-electron chi connectivity index (χ1n) is 7.07. The monoisotopic (exact) mass is 315 g/mol. The third-order valence-electron chi connectivity index (χ3n) is 4.04. The molecule has 0 bridgehead atoms. The molecule has 118 valence electrons. The van der Waals surface area contributed by atoms with Crippen molar-refractivity contribution in [2.75, 3.05) is 25.9 Å². The molecule has 1 aromatic carbocycles. The third-order valence-corrected chi connectivity index (χ3v) is 5.48.